The molecule has 4 nitrogen and oxygen atoms in total. The van der Waals surface area contributed by atoms with Gasteiger partial charge in [0.1, 0.15) is 0 Å². The van der Waals surface area contributed by atoms with Gasteiger partial charge in [0.25, 0.3) is 0 Å². The van der Waals surface area contributed by atoms with Gasteiger partial charge in [0.2, 0.25) is 5.88 Å². The van der Waals surface area contributed by atoms with Gasteiger partial charge in [-0.2, -0.15) is 5.10 Å². The highest BCUT2D eigenvalue weighted by molar-refractivity contribution is 9.10. The quantitative estimate of drug-likeness (QED) is 0.944. The monoisotopic (exact) mass is 309 g/mol. The first-order valence-corrected chi connectivity index (χ1v) is 6.61. The minimum Gasteiger partial charge on any atom is -0.481 e. The summed E-state index contributed by atoms with van der Waals surface area (Å²) in [6.45, 7) is 2.50. The number of aryl methyl sites for hydroxylation is 1. The number of hydrogen-bond acceptors (Lipinski definition) is 3. The number of hydrogen-bond donors (Lipinski definition) is 1. The number of halogens is 1. The Labute approximate surface area is 115 Å². The van der Waals surface area contributed by atoms with Crippen LogP contribution in [-0.4, -0.2) is 16.9 Å². The Morgan fingerprint density at radius 2 is 2.00 bits per heavy atom. The van der Waals surface area contributed by atoms with E-state index in [1.54, 1.807) is 11.8 Å². The molecular weight excluding hydrogens is 294 g/mol. The van der Waals surface area contributed by atoms with Crippen molar-refractivity contribution < 1.29 is 4.74 Å². The molecule has 96 valence electrons. The van der Waals surface area contributed by atoms with E-state index in [1.165, 1.54) is 0 Å². The van der Waals surface area contributed by atoms with E-state index in [-0.39, 0.29) is 0 Å². The molecule has 18 heavy (non-hydrogen) atoms. The predicted molar refractivity (Wildman–Crippen MR) is 75.1 cm³/mol. The second-order valence-corrected chi connectivity index (χ2v) is 4.80. The Morgan fingerprint density at radius 3 is 2.50 bits per heavy atom. The van der Waals surface area contributed by atoms with Gasteiger partial charge in [-0.3, -0.25) is 0 Å². The Balaban J connectivity index is 2.56. The number of aromatic nitrogens is 2. The molecule has 0 unspecified atom stereocenters. The third-order valence-electron chi connectivity index (χ3n) is 2.82. The lowest BCUT2D eigenvalue weighted by Crippen LogP contribution is -2.03. The molecule has 0 aliphatic carbocycles. The van der Waals surface area contributed by atoms with Gasteiger partial charge in [0, 0.05) is 11.0 Å². The standard InChI is InChI=1S/C13H16BrN3O/c1-3-12-11(8-15)13(18-2)17(16-12)10-6-4-9(14)5-7-10/h4-7H,3,8,15H2,1-2H3. The molecule has 0 atom stereocenters. The van der Waals surface area contributed by atoms with Crippen LogP contribution in [0.3, 0.4) is 0 Å². The summed E-state index contributed by atoms with van der Waals surface area (Å²) in [5.41, 5.74) is 8.70. The third-order valence-corrected chi connectivity index (χ3v) is 3.35. The van der Waals surface area contributed by atoms with E-state index < -0.39 is 0 Å². The van der Waals surface area contributed by atoms with Gasteiger partial charge < -0.3 is 10.5 Å². The van der Waals surface area contributed by atoms with Gasteiger partial charge in [0.05, 0.1) is 24.1 Å². The zero-order valence-corrected chi connectivity index (χ0v) is 12.1. The van der Waals surface area contributed by atoms with Crippen LogP contribution in [0.4, 0.5) is 0 Å². The van der Waals surface area contributed by atoms with Crippen LogP contribution in [0.25, 0.3) is 5.69 Å². The maximum Gasteiger partial charge on any atom is 0.221 e. The van der Waals surface area contributed by atoms with E-state index in [0.29, 0.717) is 6.54 Å². The lowest BCUT2D eigenvalue weighted by molar-refractivity contribution is 0.379. The molecule has 0 saturated heterocycles. The van der Waals surface area contributed by atoms with Crippen molar-refractivity contribution in [3.63, 3.8) is 0 Å². The van der Waals surface area contributed by atoms with E-state index in [1.807, 2.05) is 24.3 Å². The van der Waals surface area contributed by atoms with E-state index in [9.17, 15) is 0 Å². The van der Waals surface area contributed by atoms with E-state index in [0.717, 1.165) is 33.7 Å². The molecule has 0 radical (unpaired) electrons. The third kappa shape index (κ3) is 2.28. The topological polar surface area (TPSA) is 53.1 Å². The SMILES string of the molecule is CCc1nn(-c2ccc(Br)cc2)c(OC)c1CN. The van der Waals surface area contributed by atoms with E-state index >= 15 is 0 Å². The minimum absolute atomic E-state index is 0.433. The molecule has 1 aromatic heterocycles. The Bertz CT molecular complexity index is 534. The average molecular weight is 310 g/mol. The normalized spacial score (nSPS) is 10.7. The van der Waals surface area contributed by atoms with Gasteiger partial charge in [0.15, 0.2) is 0 Å². The fourth-order valence-electron chi connectivity index (χ4n) is 1.93. The number of methoxy groups -OCH3 is 1. The first-order chi connectivity index (χ1) is 8.71. The van der Waals surface area contributed by atoms with Crippen molar-refractivity contribution in [3.8, 4) is 11.6 Å². The number of ether oxygens (including phenoxy) is 1. The number of nitrogens with zero attached hydrogens (tertiary/aromatic N) is 2. The average Bonchev–Trinajstić information content (AvgIpc) is 2.77. The molecular formula is C13H16BrN3O. The van der Waals surface area contributed by atoms with Crippen LogP contribution in [-0.2, 0) is 13.0 Å². The van der Waals surface area contributed by atoms with Crippen LogP contribution in [0.2, 0.25) is 0 Å². The summed E-state index contributed by atoms with van der Waals surface area (Å²) in [5.74, 6) is 0.719. The number of benzene rings is 1. The summed E-state index contributed by atoms with van der Waals surface area (Å²) in [4.78, 5) is 0. The Hall–Kier alpha value is -1.33. The van der Waals surface area contributed by atoms with Crippen molar-refractivity contribution in [1.29, 1.82) is 0 Å². The summed E-state index contributed by atoms with van der Waals surface area (Å²) in [5, 5.41) is 4.57. The smallest absolute Gasteiger partial charge is 0.221 e. The van der Waals surface area contributed by atoms with Crippen LogP contribution in [0.1, 0.15) is 18.2 Å². The molecule has 0 aliphatic heterocycles. The zero-order chi connectivity index (χ0) is 13.1. The van der Waals surface area contributed by atoms with Crippen LogP contribution in [0.15, 0.2) is 28.7 Å². The summed E-state index contributed by atoms with van der Waals surface area (Å²) < 4.78 is 8.28. The Kier molecular flexibility index (Phi) is 4.04. The molecule has 0 saturated carbocycles. The van der Waals surface area contributed by atoms with Crippen molar-refractivity contribution in [3.05, 3.63) is 40.0 Å². The molecule has 1 heterocycles. The first-order valence-electron chi connectivity index (χ1n) is 5.82. The van der Waals surface area contributed by atoms with Crippen LogP contribution >= 0.6 is 15.9 Å². The molecule has 0 amide bonds. The summed E-state index contributed by atoms with van der Waals surface area (Å²) in [7, 11) is 1.64. The number of nitrogens with two attached hydrogens (primary N) is 1. The fraction of sp³-hybridized carbons (Fsp3) is 0.308. The largest absolute Gasteiger partial charge is 0.481 e. The highest BCUT2D eigenvalue weighted by Gasteiger charge is 2.17. The number of rotatable bonds is 4. The second-order valence-electron chi connectivity index (χ2n) is 3.88. The highest BCUT2D eigenvalue weighted by atomic mass is 79.9. The molecule has 5 heteroatoms. The molecule has 1 aromatic carbocycles. The molecule has 2 N–H and O–H groups in total. The molecule has 2 rings (SSSR count). The van der Waals surface area contributed by atoms with Crippen molar-refractivity contribution in [2.75, 3.05) is 7.11 Å². The predicted octanol–water partition coefficient (Wildman–Crippen LogP) is 2.66. The maximum absolute atomic E-state index is 5.78. The van der Waals surface area contributed by atoms with Gasteiger partial charge in [-0.05, 0) is 30.7 Å². The van der Waals surface area contributed by atoms with Crippen LogP contribution in [0.5, 0.6) is 5.88 Å². The van der Waals surface area contributed by atoms with Crippen LogP contribution in [0, 0.1) is 0 Å². The van der Waals surface area contributed by atoms with Gasteiger partial charge in [-0.1, -0.05) is 22.9 Å². The Morgan fingerprint density at radius 1 is 1.33 bits per heavy atom. The van der Waals surface area contributed by atoms with Crippen molar-refractivity contribution in [2.24, 2.45) is 5.73 Å². The van der Waals surface area contributed by atoms with Gasteiger partial charge >= 0.3 is 0 Å². The molecule has 0 bridgehead atoms. The fourth-order valence-corrected chi connectivity index (χ4v) is 2.20. The van der Waals surface area contributed by atoms with Gasteiger partial charge in [-0.25, -0.2) is 4.68 Å². The lowest BCUT2D eigenvalue weighted by atomic mass is 10.2. The molecule has 0 spiro atoms. The van der Waals surface area contributed by atoms with Gasteiger partial charge in [-0.15, -0.1) is 0 Å². The summed E-state index contributed by atoms with van der Waals surface area (Å²) in [6, 6.07) is 7.92. The maximum atomic E-state index is 5.78. The second kappa shape index (κ2) is 5.54. The van der Waals surface area contributed by atoms with Crippen LogP contribution < -0.4 is 10.5 Å². The lowest BCUT2D eigenvalue weighted by Gasteiger charge is -2.07. The first kappa shape index (κ1) is 13.1. The summed E-state index contributed by atoms with van der Waals surface area (Å²) >= 11 is 3.42. The van der Waals surface area contributed by atoms with Crippen molar-refractivity contribution in [2.45, 2.75) is 19.9 Å². The van der Waals surface area contributed by atoms with E-state index in [4.69, 9.17) is 10.5 Å². The summed E-state index contributed by atoms with van der Waals surface area (Å²) in [6.07, 6.45) is 0.840. The van der Waals surface area contributed by atoms with Crippen molar-refractivity contribution >= 4 is 15.9 Å². The minimum atomic E-state index is 0.433. The van der Waals surface area contributed by atoms with E-state index in [2.05, 4.69) is 28.0 Å². The molecule has 2 aromatic rings. The molecule has 0 aliphatic rings. The highest BCUT2D eigenvalue weighted by Crippen LogP contribution is 2.26. The molecule has 0 fully saturated rings. The zero-order valence-electron chi connectivity index (χ0n) is 10.5. The van der Waals surface area contributed by atoms with Crippen molar-refractivity contribution in [1.82, 2.24) is 9.78 Å².